The SMILES string of the molecule is O=S(=O)(Cl)c1cc(-c2noc(C3CC3)n2)cs1. The first kappa shape index (κ1) is 11.2. The van der Waals surface area contributed by atoms with Crippen molar-refractivity contribution in [1.82, 2.24) is 10.1 Å². The van der Waals surface area contributed by atoms with Crippen LogP contribution in [-0.4, -0.2) is 18.6 Å². The van der Waals surface area contributed by atoms with Crippen LogP contribution in [-0.2, 0) is 9.05 Å². The van der Waals surface area contributed by atoms with Crippen LogP contribution >= 0.6 is 22.0 Å². The summed E-state index contributed by atoms with van der Waals surface area (Å²) < 4.78 is 27.4. The Morgan fingerprint density at radius 1 is 1.47 bits per heavy atom. The Labute approximate surface area is 106 Å². The number of aromatic nitrogens is 2. The van der Waals surface area contributed by atoms with E-state index in [0.29, 0.717) is 23.2 Å². The normalized spacial score (nSPS) is 16.3. The first-order chi connectivity index (χ1) is 8.04. The summed E-state index contributed by atoms with van der Waals surface area (Å²) in [6.07, 6.45) is 2.15. The molecular weight excluding hydrogens is 284 g/mol. The minimum absolute atomic E-state index is 0.0898. The van der Waals surface area contributed by atoms with E-state index in [1.807, 2.05) is 0 Å². The number of nitrogens with zero attached hydrogens (tertiary/aromatic N) is 2. The molecule has 0 N–H and O–H groups in total. The Morgan fingerprint density at radius 3 is 2.82 bits per heavy atom. The highest BCUT2D eigenvalue weighted by Crippen LogP contribution is 2.40. The number of hydrogen-bond donors (Lipinski definition) is 0. The highest BCUT2D eigenvalue weighted by Gasteiger charge is 2.30. The lowest BCUT2D eigenvalue weighted by molar-refractivity contribution is 0.380. The van der Waals surface area contributed by atoms with Crippen molar-refractivity contribution in [2.75, 3.05) is 0 Å². The van der Waals surface area contributed by atoms with E-state index in [2.05, 4.69) is 10.1 Å². The molecule has 3 rings (SSSR count). The Bertz CT molecular complexity index is 657. The zero-order valence-electron chi connectivity index (χ0n) is 8.46. The van der Waals surface area contributed by atoms with Crippen LogP contribution in [0.15, 0.2) is 20.2 Å². The third-order valence-corrected chi connectivity index (χ3v) is 5.48. The Kier molecular flexibility index (Phi) is 2.49. The molecule has 1 saturated carbocycles. The fraction of sp³-hybridized carbons (Fsp3) is 0.333. The predicted molar refractivity (Wildman–Crippen MR) is 62.6 cm³/mol. The molecule has 0 saturated heterocycles. The lowest BCUT2D eigenvalue weighted by Crippen LogP contribution is -1.84. The summed E-state index contributed by atoms with van der Waals surface area (Å²) >= 11 is 1.04. The van der Waals surface area contributed by atoms with Crippen molar-refractivity contribution in [3.63, 3.8) is 0 Å². The molecule has 0 atom stereocenters. The molecule has 0 aromatic carbocycles. The molecule has 2 aromatic rings. The van der Waals surface area contributed by atoms with E-state index in [1.54, 1.807) is 5.38 Å². The first-order valence-electron chi connectivity index (χ1n) is 4.91. The summed E-state index contributed by atoms with van der Waals surface area (Å²) in [5.41, 5.74) is 0.616. The summed E-state index contributed by atoms with van der Waals surface area (Å²) in [7, 11) is 1.56. The van der Waals surface area contributed by atoms with Crippen LogP contribution < -0.4 is 0 Å². The fourth-order valence-electron chi connectivity index (χ4n) is 1.41. The van der Waals surface area contributed by atoms with Crippen LogP contribution in [0.1, 0.15) is 24.7 Å². The number of halogens is 1. The van der Waals surface area contributed by atoms with Gasteiger partial charge in [-0.15, -0.1) is 11.3 Å². The molecule has 0 bridgehead atoms. The van der Waals surface area contributed by atoms with Gasteiger partial charge in [0.2, 0.25) is 11.7 Å². The smallest absolute Gasteiger partial charge is 0.270 e. The maximum Gasteiger partial charge on any atom is 0.270 e. The third-order valence-electron chi connectivity index (χ3n) is 2.44. The van der Waals surface area contributed by atoms with E-state index in [1.165, 1.54) is 6.07 Å². The van der Waals surface area contributed by atoms with Crippen molar-refractivity contribution >= 4 is 31.1 Å². The first-order valence-corrected chi connectivity index (χ1v) is 8.10. The average molecular weight is 291 g/mol. The second kappa shape index (κ2) is 3.79. The van der Waals surface area contributed by atoms with Crippen LogP contribution in [0.5, 0.6) is 0 Å². The molecule has 0 radical (unpaired) electrons. The summed E-state index contributed by atoms with van der Waals surface area (Å²) in [5.74, 6) is 1.42. The molecule has 5 nitrogen and oxygen atoms in total. The van der Waals surface area contributed by atoms with Gasteiger partial charge in [-0.05, 0) is 18.9 Å². The zero-order valence-corrected chi connectivity index (χ0v) is 10.8. The number of rotatable bonds is 3. The van der Waals surface area contributed by atoms with Gasteiger partial charge in [-0.25, -0.2) is 8.42 Å². The minimum Gasteiger partial charge on any atom is -0.339 e. The van der Waals surface area contributed by atoms with Gasteiger partial charge in [-0.2, -0.15) is 4.98 Å². The molecule has 1 aliphatic rings. The quantitative estimate of drug-likeness (QED) is 0.812. The molecule has 90 valence electrons. The van der Waals surface area contributed by atoms with Gasteiger partial charge >= 0.3 is 0 Å². The molecule has 0 unspecified atom stereocenters. The molecule has 1 fully saturated rings. The average Bonchev–Trinajstić information content (AvgIpc) is 2.82. The molecule has 17 heavy (non-hydrogen) atoms. The van der Waals surface area contributed by atoms with Gasteiger partial charge < -0.3 is 4.52 Å². The highest BCUT2D eigenvalue weighted by atomic mass is 35.7. The predicted octanol–water partition coefficient (Wildman–Crippen LogP) is 2.60. The Balaban J connectivity index is 1.95. The second-order valence-corrected chi connectivity index (χ2v) is 7.53. The summed E-state index contributed by atoms with van der Waals surface area (Å²) in [6.45, 7) is 0. The zero-order chi connectivity index (χ0) is 12.0. The second-order valence-electron chi connectivity index (χ2n) is 3.82. The van der Waals surface area contributed by atoms with Crippen molar-refractivity contribution in [3.8, 4) is 11.4 Å². The van der Waals surface area contributed by atoms with Crippen LogP contribution in [0.3, 0.4) is 0 Å². The van der Waals surface area contributed by atoms with E-state index in [-0.39, 0.29) is 4.21 Å². The number of hydrogen-bond acceptors (Lipinski definition) is 6. The molecule has 0 spiro atoms. The summed E-state index contributed by atoms with van der Waals surface area (Å²) in [4.78, 5) is 4.23. The van der Waals surface area contributed by atoms with Crippen molar-refractivity contribution < 1.29 is 12.9 Å². The van der Waals surface area contributed by atoms with Gasteiger partial charge in [0, 0.05) is 27.5 Å². The van der Waals surface area contributed by atoms with Gasteiger partial charge in [0.1, 0.15) is 4.21 Å². The van der Waals surface area contributed by atoms with Crippen molar-refractivity contribution in [2.45, 2.75) is 23.0 Å². The van der Waals surface area contributed by atoms with Crippen molar-refractivity contribution in [2.24, 2.45) is 0 Å². The fourth-order valence-corrected chi connectivity index (χ4v) is 3.35. The van der Waals surface area contributed by atoms with Gasteiger partial charge in [-0.3, -0.25) is 0 Å². The van der Waals surface area contributed by atoms with Gasteiger partial charge in [-0.1, -0.05) is 5.16 Å². The van der Waals surface area contributed by atoms with Crippen LogP contribution in [0.25, 0.3) is 11.4 Å². The Hall–Kier alpha value is -0.920. The summed E-state index contributed by atoms with van der Waals surface area (Å²) in [5, 5.41) is 5.48. The van der Waals surface area contributed by atoms with Gasteiger partial charge in [0.25, 0.3) is 9.05 Å². The van der Waals surface area contributed by atoms with E-state index in [9.17, 15) is 8.42 Å². The monoisotopic (exact) mass is 290 g/mol. The molecule has 0 aliphatic heterocycles. The van der Waals surface area contributed by atoms with Crippen molar-refractivity contribution in [3.05, 3.63) is 17.3 Å². The molecule has 8 heteroatoms. The highest BCUT2D eigenvalue weighted by molar-refractivity contribution is 8.15. The van der Waals surface area contributed by atoms with E-state index in [4.69, 9.17) is 15.2 Å². The lowest BCUT2D eigenvalue weighted by atomic mass is 10.3. The summed E-state index contributed by atoms with van der Waals surface area (Å²) in [6, 6.07) is 1.45. The molecule has 0 amide bonds. The van der Waals surface area contributed by atoms with Crippen molar-refractivity contribution in [1.29, 1.82) is 0 Å². The van der Waals surface area contributed by atoms with Crippen LogP contribution in [0.2, 0.25) is 0 Å². The standard InChI is InChI=1S/C9H7ClN2O3S2/c10-17(13,14)7-3-6(4-16-7)8-11-9(15-12-8)5-1-2-5/h3-5H,1-2H2. The van der Waals surface area contributed by atoms with Crippen LogP contribution in [0.4, 0.5) is 0 Å². The molecule has 2 aromatic heterocycles. The topological polar surface area (TPSA) is 73.1 Å². The number of thiophene rings is 1. The Morgan fingerprint density at radius 2 is 2.24 bits per heavy atom. The van der Waals surface area contributed by atoms with Crippen LogP contribution in [0, 0.1) is 0 Å². The molecule has 2 heterocycles. The molecule has 1 aliphatic carbocycles. The van der Waals surface area contributed by atoms with E-state index in [0.717, 1.165) is 24.2 Å². The van der Waals surface area contributed by atoms with E-state index >= 15 is 0 Å². The van der Waals surface area contributed by atoms with Gasteiger partial charge in [0.15, 0.2) is 0 Å². The maximum absolute atomic E-state index is 11.1. The molecular formula is C9H7ClN2O3S2. The minimum atomic E-state index is -3.68. The van der Waals surface area contributed by atoms with Gasteiger partial charge in [0.05, 0.1) is 0 Å². The van der Waals surface area contributed by atoms with E-state index < -0.39 is 9.05 Å². The lowest BCUT2D eigenvalue weighted by Gasteiger charge is -1.86. The third kappa shape index (κ3) is 2.22. The maximum atomic E-state index is 11.1. The largest absolute Gasteiger partial charge is 0.339 e.